The molecule has 0 aliphatic heterocycles. The number of aromatic nitrogens is 4. The topological polar surface area (TPSA) is 48.8 Å². The van der Waals surface area contributed by atoms with Crippen LogP contribution in [0.4, 0.5) is 0 Å². The Kier molecular flexibility index (Phi) is 5.89. The van der Waals surface area contributed by atoms with Crippen molar-refractivity contribution in [1.29, 1.82) is 0 Å². The van der Waals surface area contributed by atoms with E-state index in [1.54, 1.807) is 0 Å². The summed E-state index contributed by atoms with van der Waals surface area (Å²) >= 11 is 0. The van der Waals surface area contributed by atoms with E-state index in [2.05, 4.69) is 161 Å². The molecule has 51 heavy (non-hydrogen) atoms. The van der Waals surface area contributed by atoms with Crippen molar-refractivity contribution in [2.45, 2.75) is 0 Å². The van der Waals surface area contributed by atoms with Crippen LogP contribution in [0, 0.1) is 0 Å². The molecule has 0 N–H and O–H groups in total. The van der Waals surface area contributed by atoms with Crippen molar-refractivity contribution in [1.82, 2.24) is 19.1 Å². The Hall–Kier alpha value is -6.98. The van der Waals surface area contributed by atoms with Gasteiger partial charge in [-0.1, -0.05) is 115 Å². The van der Waals surface area contributed by atoms with E-state index in [1.807, 2.05) is 18.2 Å². The lowest BCUT2D eigenvalue weighted by Gasteiger charge is -2.12. The monoisotopic (exact) mass is 652 g/mol. The molecule has 0 unspecified atom stereocenters. The fourth-order valence-corrected chi connectivity index (χ4v) is 7.94. The zero-order valence-electron chi connectivity index (χ0n) is 27.4. The Labute approximate surface area is 292 Å². The van der Waals surface area contributed by atoms with Crippen LogP contribution in [0.5, 0.6) is 0 Å². The number of benzene rings is 7. The van der Waals surface area contributed by atoms with Crippen molar-refractivity contribution >= 4 is 65.7 Å². The second kappa shape index (κ2) is 10.8. The Bertz CT molecular complexity index is 3060. The maximum atomic E-state index is 6.45. The fraction of sp³-hybridized carbons (Fsp3) is 0. The summed E-state index contributed by atoms with van der Waals surface area (Å²) in [5, 5.41) is 6.82. The van der Waals surface area contributed by atoms with E-state index in [-0.39, 0.29) is 0 Å². The molecule has 11 rings (SSSR count). The summed E-state index contributed by atoms with van der Waals surface area (Å²) in [7, 11) is 0. The number of para-hydroxylation sites is 5. The Morgan fingerprint density at radius 1 is 0.392 bits per heavy atom. The van der Waals surface area contributed by atoms with E-state index in [0.717, 1.165) is 55.6 Å². The molecular weight excluding hydrogens is 625 g/mol. The standard InChI is InChI=1S/C46H28N4O/c1-6-22-38-33(17-1)34-18-2-7-23-39(34)49(38)31-15-11-13-29(27-31)44-43-37-21-5-10-26-42(37)51-46(43)48-45(47-44)30-14-12-16-32(28-30)50-40-24-8-3-19-35(40)36-20-4-9-25-41(36)50/h1-28H. The molecule has 238 valence electrons. The van der Waals surface area contributed by atoms with Crippen LogP contribution >= 0.6 is 0 Å². The first-order chi connectivity index (χ1) is 25.3. The second-order valence-corrected chi connectivity index (χ2v) is 13.0. The molecule has 4 aromatic heterocycles. The zero-order valence-corrected chi connectivity index (χ0v) is 27.4. The van der Waals surface area contributed by atoms with Crippen LogP contribution in [-0.2, 0) is 0 Å². The molecule has 0 fully saturated rings. The minimum absolute atomic E-state index is 0.570. The first-order valence-corrected chi connectivity index (χ1v) is 17.2. The van der Waals surface area contributed by atoms with Gasteiger partial charge in [0.25, 0.3) is 0 Å². The average molecular weight is 653 g/mol. The summed E-state index contributed by atoms with van der Waals surface area (Å²) in [6.45, 7) is 0. The second-order valence-electron chi connectivity index (χ2n) is 13.0. The third-order valence-electron chi connectivity index (χ3n) is 10.1. The minimum atomic E-state index is 0.570. The van der Waals surface area contributed by atoms with Gasteiger partial charge in [0.05, 0.1) is 33.1 Å². The number of hydrogen-bond acceptors (Lipinski definition) is 3. The number of fused-ring (bicyclic) bond motifs is 9. The summed E-state index contributed by atoms with van der Waals surface area (Å²) in [6, 6.07) is 59.6. The van der Waals surface area contributed by atoms with Crippen molar-refractivity contribution in [3.05, 3.63) is 170 Å². The van der Waals surface area contributed by atoms with Crippen LogP contribution < -0.4 is 0 Å². The molecule has 7 aromatic carbocycles. The molecule has 0 saturated heterocycles. The highest BCUT2D eigenvalue weighted by atomic mass is 16.3. The third-order valence-corrected chi connectivity index (χ3v) is 10.1. The average Bonchev–Trinajstić information content (AvgIpc) is 3.85. The van der Waals surface area contributed by atoms with Gasteiger partial charge in [-0.2, -0.15) is 4.98 Å². The molecule has 0 radical (unpaired) electrons. The van der Waals surface area contributed by atoms with Crippen LogP contribution in [0.1, 0.15) is 0 Å². The van der Waals surface area contributed by atoms with Crippen LogP contribution in [0.15, 0.2) is 174 Å². The first-order valence-electron chi connectivity index (χ1n) is 17.2. The number of nitrogens with zero attached hydrogens (tertiary/aromatic N) is 4. The number of rotatable bonds is 4. The van der Waals surface area contributed by atoms with Gasteiger partial charge in [-0.25, -0.2) is 4.98 Å². The van der Waals surface area contributed by atoms with Gasteiger partial charge in [0.15, 0.2) is 5.82 Å². The largest absolute Gasteiger partial charge is 0.438 e. The maximum absolute atomic E-state index is 6.45. The van der Waals surface area contributed by atoms with E-state index in [4.69, 9.17) is 14.4 Å². The van der Waals surface area contributed by atoms with Crippen molar-refractivity contribution < 1.29 is 4.42 Å². The van der Waals surface area contributed by atoms with Crippen molar-refractivity contribution in [3.63, 3.8) is 0 Å². The highest BCUT2D eigenvalue weighted by Gasteiger charge is 2.20. The van der Waals surface area contributed by atoms with Gasteiger partial charge in [0, 0.05) is 49.4 Å². The molecule has 0 atom stereocenters. The van der Waals surface area contributed by atoms with E-state index in [1.165, 1.54) is 32.6 Å². The molecule has 0 aliphatic carbocycles. The predicted molar refractivity (Wildman–Crippen MR) is 209 cm³/mol. The first kappa shape index (κ1) is 27.9. The molecule has 0 saturated carbocycles. The maximum Gasteiger partial charge on any atom is 0.231 e. The number of furan rings is 1. The minimum Gasteiger partial charge on any atom is -0.438 e. The smallest absolute Gasteiger partial charge is 0.231 e. The van der Waals surface area contributed by atoms with Crippen LogP contribution in [0.2, 0.25) is 0 Å². The van der Waals surface area contributed by atoms with Gasteiger partial charge in [0.2, 0.25) is 5.71 Å². The van der Waals surface area contributed by atoms with Gasteiger partial charge >= 0.3 is 0 Å². The predicted octanol–water partition coefficient (Wildman–Crippen LogP) is 11.9. The SMILES string of the molecule is c1cc(-c2nc(-c3cccc(-n4c5ccccc5c5ccccc54)c3)c3c(n2)oc2ccccc23)cc(-n2c3ccccc3c3ccccc32)c1. The molecule has 0 aliphatic rings. The van der Waals surface area contributed by atoms with E-state index < -0.39 is 0 Å². The molecule has 0 amide bonds. The summed E-state index contributed by atoms with van der Waals surface area (Å²) in [4.78, 5) is 10.4. The lowest BCUT2D eigenvalue weighted by Crippen LogP contribution is -1.98. The third kappa shape index (κ3) is 4.15. The molecular formula is C46H28N4O. The summed E-state index contributed by atoms with van der Waals surface area (Å²) in [5.74, 6) is 0.612. The molecule has 5 heteroatoms. The van der Waals surface area contributed by atoms with Gasteiger partial charge in [-0.15, -0.1) is 0 Å². The van der Waals surface area contributed by atoms with Gasteiger partial charge in [-0.05, 0) is 54.6 Å². The van der Waals surface area contributed by atoms with Gasteiger partial charge in [-0.3, -0.25) is 0 Å². The van der Waals surface area contributed by atoms with Crippen molar-refractivity contribution in [2.75, 3.05) is 0 Å². The van der Waals surface area contributed by atoms with Gasteiger partial charge in [0.1, 0.15) is 5.58 Å². The molecule has 5 nitrogen and oxygen atoms in total. The quantitative estimate of drug-likeness (QED) is 0.190. The Morgan fingerprint density at radius 3 is 1.39 bits per heavy atom. The Morgan fingerprint density at radius 2 is 0.843 bits per heavy atom. The highest BCUT2D eigenvalue weighted by Crippen LogP contribution is 2.39. The summed E-state index contributed by atoms with van der Waals surface area (Å²) in [6.07, 6.45) is 0. The Balaban J connectivity index is 1.14. The molecule has 0 bridgehead atoms. The number of hydrogen-bond donors (Lipinski definition) is 0. The molecule has 4 heterocycles. The van der Waals surface area contributed by atoms with Crippen molar-refractivity contribution in [2.24, 2.45) is 0 Å². The molecule has 11 aromatic rings. The van der Waals surface area contributed by atoms with Crippen LogP contribution in [0.3, 0.4) is 0 Å². The zero-order chi connectivity index (χ0) is 33.5. The highest BCUT2D eigenvalue weighted by molar-refractivity contribution is 6.12. The summed E-state index contributed by atoms with van der Waals surface area (Å²) < 4.78 is 11.1. The van der Waals surface area contributed by atoms with Crippen LogP contribution in [0.25, 0.3) is 99.7 Å². The van der Waals surface area contributed by atoms with Crippen molar-refractivity contribution in [3.8, 4) is 34.0 Å². The lowest BCUT2D eigenvalue weighted by molar-refractivity contribution is 0.653. The summed E-state index contributed by atoms with van der Waals surface area (Å²) in [5.41, 5.74) is 10.9. The van der Waals surface area contributed by atoms with E-state index in [0.29, 0.717) is 11.5 Å². The molecule has 0 spiro atoms. The lowest BCUT2D eigenvalue weighted by atomic mass is 10.0. The normalized spacial score (nSPS) is 11.9. The van der Waals surface area contributed by atoms with Gasteiger partial charge < -0.3 is 13.6 Å². The fourth-order valence-electron chi connectivity index (χ4n) is 7.94. The van der Waals surface area contributed by atoms with Crippen LogP contribution in [-0.4, -0.2) is 19.1 Å². The van der Waals surface area contributed by atoms with E-state index in [9.17, 15) is 0 Å². The van der Waals surface area contributed by atoms with E-state index >= 15 is 0 Å².